The molecule has 106 valence electrons. The van der Waals surface area contributed by atoms with Crippen LogP contribution in [0.3, 0.4) is 0 Å². The van der Waals surface area contributed by atoms with Crippen molar-refractivity contribution in [2.75, 3.05) is 6.61 Å². The molecule has 0 fully saturated rings. The van der Waals surface area contributed by atoms with Crippen LogP contribution in [0.5, 0.6) is 5.75 Å². The maximum atomic E-state index is 5.85. The lowest BCUT2D eigenvalue weighted by atomic mass is 10.1. The normalized spacial score (nSPS) is 12.6. The summed E-state index contributed by atoms with van der Waals surface area (Å²) in [5.74, 6) is 0.872. The van der Waals surface area contributed by atoms with Gasteiger partial charge in [-0.15, -0.1) is 0 Å². The molecule has 0 unspecified atom stereocenters. The van der Waals surface area contributed by atoms with Gasteiger partial charge in [-0.05, 0) is 55.3 Å². The highest BCUT2D eigenvalue weighted by atomic mass is 79.9. The highest BCUT2D eigenvalue weighted by molar-refractivity contribution is 9.10. The van der Waals surface area contributed by atoms with E-state index in [1.54, 1.807) is 5.54 Å². The Kier molecular flexibility index (Phi) is 6.37. The number of halogens is 2. The lowest BCUT2D eigenvalue weighted by molar-refractivity contribution is 0.341. The van der Waals surface area contributed by atoms with Gasteiger partial charge in [0.05, 0.1) is 4.47 Å². The molecule has 0 radical (unpaired) electrons. The first kappa shape index (κ1) is 16.5. The minimum absolute atomic E-state index is 0.0749. The summed E-state index contributed by atoms with van der Waals surface area (Å²) < 4.78 is 6.81. The van der Waals surface area contributed by atoms with Gasteiger partial charge in [0.2, 0.25) is 0 Å². The fraction of sp³-hybridized carbons (Fsp3) is 0.467. The molecule has 0 spiro atoms. The maximum absolute atomic E-state index is 5.85. The van der Waals surface area contributed by atoms with Gasteiger partial charge in [-0.1, -0.05) is 23.7 Å². The second kappa shape index (κ2) is 7.32. The zero-order chi connectivity index (χ0) is 14.5. The van der Waals surface area contributed by atoms with E-state index < -0.39 is 0 Å². The molecule has 0 saturated carbocycles. The van der Waals surface area contributed by atoms with Crippen LogP contribution in [0.4, 0.5) is 0 Å². The standard InChI is InChI=1S/C15H21BrClNO/c1-11(8-17)10-19-14-12(6-5-7-13(14)16)9-18-15(2,3)4/h5-8,18H,9-10H2,1-4H3/b11-8-. The van der Waals surface area contributed by atoms with Crippen molar-refractivity contribution in [3.8, 4) is 5.75 Å². The van der Waals surface area contributed by atoms with Gasteiger partial charge in [-0.2, -0.15) is 0 Å². The topological polar surface area (TPSA) is 21.3 Å². The largest absolute Gasteiger partial charge is 0.488 e. The summed E-state index contributed by atoms with van der Waals surface area (Å²) in [6.07, 6.45) is 0. The summed E-state index contributed by atoms with van der Waals surface area (Å²) in [6.45, 7) is 9.64. The van der Waals surface area contributed by atoms with Crippen molar-refractivity contribution in [2.24, 2.45) is 0 Å². The molecule has 0 aromatic heterocycles. The van der Waals surface area contributed by atoms with Gasteiger partial charge in [0.1, 0.15) is 12.4 Å². The number of para-hydroxylation sites is 1. The second-order valence-electron chi connectivity index (χ2n) is 5.58. The van der Waals surface area contributed by atoms with E-state index in [0.29, 0.717) is 6.61 Å². The molecule has 0 aliphatic heterocycles. The van der Waals surface area contributed by atoms with Crippen molar-refractivity contribution >= 4 is 27.5 Å². The maximum Gasteiger partial charge on any atom is 0.138 e. The van der Waals surface area contributed by atoms with E-state index in [-0.39, 0.29) is 5.54 Å². The van der Waals surface area contributed by atoms with E-state index in [1.807, 2.05) is 19.1 Å². The molecule has 1 rings (SSSR count). The second-order valence-corrected chi connectivity index (χ2v) is 6.65. The van der Waals surface area contributed by atoms with Gasteiger partial charge in [0, 0.05) is 23.2 Å². The number of hydrogen-bond donors (Lipinski definition) is 1. The number of benzene rings is 1. The van der Waals surface area contributed by atoms with E-state index in [9.17, 15) is 0 Å². The first-order chi connectivity index (χ1) is 8.83. The average Bonchev–Trinajstić information content (AvgIpc) is 2.33. The van der Waals surface area contributed by atoms with E-state index in [4.69, 9.17) is 16.3 Å². The summed E-state index contributed by atoms with van der Waals surface area (Å²) in [5.41, 5.74) is 3.74. The Morgan fingerprint density at radius 3 is 2.68 bits per heavy atom. The molecule has 0 heterocycles. The number of nitrogens with one attached hydrogen (secondary N) is 1. The zero-order valence-corrected chi connectivity index (χ0v) is 14.2. The quantitative estimate of drug-likeness (QED) is 0.822. The van der Waals surface area contributed by atoms with Crippen molar-refractivity contribution in [1.82, 2.24) is 5.32 Å². The molecule has 0 aliphatic carbocycles. The zero-order valence-electron chi connectivity index (χ0n) is 11.9. The molecule has 1 aromatic rings. The van der Waals surface area contributed by atoms with Crippen molar-refractivity contribution in [3.05, 3.63) is 39.3 Å². The third-order valence-electron chi connectivity index (χ3n) is 2.49. The van der Waals surface area contributed by atoms with Crippen LogP contribution in [0.15, 0.2) is 33.8 Å². The van der Waals surface area contributed by atoms with Crippen LogP contribution in [0, 0.1) is 0 Å². The van der Waals surface area contributed by atoms with Gasteiger partial charge in [-0.25, -0.2) is 0 Å². The highest BCUT2D eigenvalue weighted by Gasteiger charge is 2.13. The Hall–Kier alpha value is -0.510. The van der Waals surface area contributed by atoms with Crippen LogP contribution >= 0.6 is 27.5 Å². The lowest BCUT2D eigenvalue weighted by Gasteiger charge is -2.22. The summed E-state index contributed by atoms with van der Waals surface area (Å²) >= 11 is 9.19. The number of hydrogen-bond acceptors (Lipinski definition) is 2. The van der Waals surface area contributed by atoms with Crippen LogP contribution in [0.25, 0.3) is 0 Å². The van der Waals surface area contributed by atoms with Crippen molar-refractivity contribution < 1.29 is 4.74 Å². The van der Waals surface area contributed by atoms with Crippen molar-refractivity contribution in [2.45, 2.75) is 39.8 Å². The molecule has 0 amide bonds. The molecule has 1 N–H and O–H groups in total. The summed E-state index contributed by atoms with van der Waals surface area (Å²) in [7, 11) is 0. The molecule has 0 saturated heterocycles. The highest BCUT2D eigenvalue weighted by Crippen LogP contribution is 2.29. The summed E-state index contributed by atoms with van der Waals surface area (Å²) in [5, 5.41) is 3.47. The van der Waals surface area contributed by atoms with Gasteiger partial charge in [-0.3, -0.25) is 0 Å². The fourth-order valence-corrected chi connectivity index (χ4v) is 2.02. The van der Waals surface area contributed by atoms with Crippen LogP contribution in [-0.2, 0) is 6.54 Å². The average molecular weight is 347 g/mol. The predicted octanol–water partition coefficient (Wildman–Crippen LogP) is 4.86. The van der Waals surface area contributed by atoms with Crippen LogP contribution < -0.4 is 10.1 Å². The molecule has 19 heavy (non-hydrogen) atoms. The van der Waals surface area contributed by atoms with Crippen molar-refractivity contribution in [1.29, 1.82) is 0 Å². The first-order valence-electron chi connectivity index (χ1n) is 6.24. The Balaban J connectivity index is 2.83. The van der Waals surface area contributed by atoms with Crippen LogP contribution in [0.1, 0.15) is 33.3 Å². The predicted molar refractivity (Wildman–Crippen MR) is 85.8 cm³/mol. The van der Waals surface area contributed by atoms with E-state index in [2.05, 4.69) is 48.1 Å². The molecular formula is C15H21BrClNO. The minimum Gasteiger partial charge on any atom is -0.488 e. The Labute approximate surface area is 129 Å². The Morgan fingerprint density at radius 2 is 2.11 bits per heavy atom. The van der Waals surface area contributed by atoms with Crippen molar-refractivity contribution in [3.63, 3.8) is 0 Å². The van der Waals surface area contributed by atoms with Crippen LogP contribution in [0.2, 0.25) is 0 Å². The van der Waals surface area contributed by atoms with Gasteiger partial charge >= 0.3 is 0 Å². The molecule has 0 bridgehead atoms. The molecular weight excluding hydrogens is 326 g/mol. The van der Waals surface area contributed by atoms with Gasteiger partial charge < -0.3 is 10.1 Å². The third-order valence-corrected chi connectivity index (χ3v) is 3.49. The van der Waals surface area contributed by atoms with Crippen LogP contribution in [-0.4, -0.2) is 12.1 Å². The summed E-state index contributed by atoms with van der Waals surface area (Å²) in [4.78, 5) is 0. The first-order valence-corrected chi connectivity index (χ1v) is 7.47. The molecule has 4 heteroatoms. The Morgan fingerprint density at radius 1 is 1.42 bits per heavy atom. The Bertz CT molecular complexity index is 452. The van der Waals surface area contributed by atoms with E-state index >= 15 is 0 Å². The molecule has 0 aliphatic rings. The number of ether oxygens (including phenoxy) is 1. The lowest BCUT2D eigenvalue weighted by Crippen LogP contribution is -2.35. The fourth-order valence-electron chi connectivity index (χ4n) is 1.43. The SMILES string of the molecule is C/C(=C/Cl)COc1c(Br)cccc1CNC(C)(C)C. The monoisotopic (exact) mass is 345 g/mol. The summed E-state index contributed by atoms with van der Waals surface area (Å²) in [6, 6.07) is 6.06. The third kappa shape index (κ3) is 5.98. The molecule has 2 nitrogen and oxygen atoms in total. The van der Waals surface area contributed by atoms with E-state index in [0.717, 1.165) is 27.9 Å². The van der Waals surface area contributed by atoms with Gasteiger partial charge in [0.15, 0.2) is 0 Å². The minimum atomic E-state index is 0.0749. The van der Waals surface area contributed by atoms with E-state index in [1.165, 1.54) is 0 Å². The molecule has 0 atom stereocenters. The molecule has 1 aromatic carbocycles. The smallest absolute Gasteiger partial charge is 0.138 e. The van der Waals surface area contributed by atoms with Gasteiger partial charge in [0.25, 0.3) is 0 Å². The number of rotatable bonds is 5.